The standard InChI is InChI=1S/C19H27NO4/c1-19(12-21,13-22)11-20-18(24)9-8-17(23)16-7-6-14-4-2-3-5-15(14)10-16/h6-7,10,21-22H,2-5,8-9,11-13H2,1H3,(H,20,24). The Bertz CT molecular complexity index is 593. The second-order valence-corrected chi connectivity index (χ2v) is 7.02. The second kappa shape index (κ2) is 8.40. The highest BCUT2D eigenvalue weighted by Gasteiger charge is 2.23. The van der Waals surface area contributed by atoms with Crippen LogP contribution in [0.1, 0.15) is 54.1 Å². The summed E-state index contributed by atoms with van der Waals surface area (Å²) in [5.41, 5.74) is 2.54. The summed E-state index contributed by atoms with van der Waals surface area (Å²) in [6, 6.07) is 5.87. The molecule has 1 aromatic carbocycles. The topological polar surface area (TPSA) is 86.6 Å². The lowest BCUT2D eigenvalue weighted by Gasteiger charge is -2.24. The van der Waals surface area contributed by atoms with Crippen molar-refractivity contribution in [2.45, 2.75) is 45.4 Å². The fourth-order valence-electron chi connectivity index (χ4n) is 2.84. The van der Waals surface area contributed by atoms with Gasteiger partial charge in [-0.25, -0.2) is 0 Å². The van der Waals surface area contributed by atoms with Crippen molar-refractivity contribution in [2.24, 2.45) is 5.41 Å². The maximum atomic E-state index is 12.3. The van der Waals surface area contributed by atoms with Crippen LogP contribution in [0.5, 0.6) is 0 Å². The number of nitrogens with one attached hydrogen (secondary N) is 1. The Balaban J connectivity index is 1.83. The molecule has 0 fully saturated rings. The van der Waals surface area contributed by atoms with Crippen molar-refractivity contribution < 1.29 is 19.8 Å². The number of rotatable bonds is 8. The molecule has 0 aliphatic heterocycles. The van der Waals surface area contributed by atoms with Gasteiger partial charge < -0.3 is 15.5 Å². The van der Waals surface area contributed by atoms with E-state index in [9.17, 15) is 19.8 Å². The lowest BCUT2D eigenvalue weighted by Crippen LogP contribution is -2.40. The number of fused-ring (bicyclic) bond motifs is 1. The van der Waals surface area contributed by atoms with Crippen LogP contribution in [0.2, 0.25) is 0 Å². The maximum Gasteiger partial charge on any atom is 0.220 e. The number of carbonyl (C=O) groups is 2. The highest BCUT2D eigenvalue weighted by Crippen LogP contribution is 2.23. The Kier molecular flexibility index (Phi) is 6.52. The van der Waals surface area contributed by atoms with E-state index in [1.165, 1.54) is 24.0 Å². The van der Waals surface area contributed by atoms with Crippen LogP contribution in [0.4, 0.5) is 0 Å². The molecule has 3 N–H and O–H groups in total. The summed E-state index contributed by atoms with van der Waals surface area (Å²) >= 11 is 0. The number of Topliss-reactive ketones (excluding diaryl/α,β-unsaturated/α-hetero) is 1. The van der Waals surface area contributed by atoms with Gasteiger partial charge in [-0.2, -0.15) is 0 Å². The zero-order valence-corrected chi connectivity index (χ0v) is 14.3. The van der Waals surface area contributed by atoms with E-state index >= 15 is 0 Å². The monoisotopic (exact) mass is 333 g/mol. The first-order valence-electron chi connectivity index (χ1n) is 8.61. The number of carbonyl (C=O) groups excluding carboxylic acids is 2. The van der Waals surface area contributed by atoms with Crippen molar-refractivity contribution in [3.63, 3.8) is 0 Å². The first kappa shape index (κ1) is 18.6. The number of aryl methyl sites for hydroxylation is 2. The molecule has 132 valence electrons. The molecule has 1 amide bonds. The van der Waals surface area contributed by atoms with E-state index in [1.54, 1.807) is 6.92 Å². The molecule has 0 saturated carbocycles. The van der Waals surface area contributed by atoms with Gasteiger partial charge in [-0.1, -0.05) is 19.1 Å². The van der Waals surface area contributed by atoms with Gasteiger partial charge in [-0.3, -0.25) is 9.59 Å². The van der Waals surface area contributed by atoms with Crippen molar-refractivity contribution in [1.82, 2.24) is 5.32 Å². The fraction of sp³-hybridized carbons (Fsp3) is 0.579. The molecule has 1 aliphatic carbocycles. The van der Waals surface area contributed by atoms with Gasteiger partial charge in [-0.05, 0) is 42.9 Å². The predicted octanol–water partition coefficient (Wildman–Crippen LogP) is 1.64. The van der Waals surface area contributed by atoms with E-state index in [0.29, 0.717) is 5.56 Å². The van der Waals surface area contributed by atoms with Crippen LogP contribution in [0.15, 0.2) is 18.2 Å². The number of aliphatic hydroxyl groups excluding tert-OH is 2. The van der Waals surface area contributed by atoms with Crippen molar-refractivity contribution >= 4 is 11.7 Å². The molecule has 0 atom stereocenters. The highest BCUT2D eigenvalue weighted by atomic mass is 16.3. The minimum absolute atomic E-state index is 0.0226. The van der Waals surface area contributed by atoms with Gasteiger partial charge in [0.15, 0.2) is 5.78 Å². The Morgan fingerprint density at radius 1 is 1.08 bits per heavy atom. The summed E-state index contributed by atoms with van der Waals surface area (Å²) in [4.78, 5) is 24.2. The SMILES string of the molecule is CC(CO)(CO)CNC(=O)CCC(=O)c1ccc2c(c1)CCCC2. The van der Waals surface area contributed by atoms with Crippen LogP contribution in [-0.2, 0) is 17.6 Å². The Labute approximate surface area is 143 Å². The van der Waals surface area contributed by atoms with E-state index in [-0.39, 0.29) is 44.3 Å². The lowest BCUT2D eigenvalue weighted by molar-refractivity contribution is -0.121. The zero-order valence-electron chi connectivity index (χ0n) is 14.3. The summed E-state index contributed by atoms with van der Waals surface area (Å²) in [5.74, 6) is -0.264. The third kappa shape index (κ3) is 4.89. The van der Waals surface area contributed by atoms with Crippen LogP contribution in [0.25, 0.3) is 0 Å². The van der Waals surface area contributed by atoms with Crippen LogP contribution >= 0.6 is 0 Å². The minimum atomic E-state index is -0.738. The summed E-state index contributed by atoms with van der Waals surface area (Å²) in [7, 11) is 0. The average Bonchev–Trinajstić information content (AvgIpc) is 2.63. The van der Waals surface area contributed by atoms with Gasteiger partial charge in [0.2, 0.25) is 5.91 Å². The fourth-order valence-corrected chi connectivity index (χ4v) is 2.84. The third-order valence-corrected chi connectivity index (χ3v) is 4.73. The summed E-state index contributed by atoms with van der Waals surface area (Å²) in [6.07, 6.45) is 4.77. The summed E-state index contributed by atoms with van der Waals surface area (Å²) < 4.78 is 0. The zero-order chi connectivity index (χ0) is 17.6. The summed E-state index contributed by atoms with van der Waals surface area (Å²) in [5, 5.41) is 21.1. The number of hydrogen-bond acceptors (Lipinski definition) is 4. The van der Waals surface area contributed by atoms with Gasteiger partial charge in [0.05, 0.1) is 13.2 Å². The van der Waals surface area contributed by atoms with Crippen molar-refractivity contribution in [1.29, 1.82) is 0 Å². The average molecular weight is 333 g/mol. The van der Waals surface area contributed by atoms with Crippen LogP contribution in [0.3, 0.4) is 0 Å². The van der Waals surface area contributed by atoms with Gasteiger partial charge >= 0.3 is 0 Å². The molecule has 5 heteroatoms. The molecule has 0 radical (unpaired) electrons. The van der Waals surface area contributed by atoms with Gasteiger partial charge in [0.1, 0.15) is 0 Å². The van der Waals surface area contributed by atoms with E-state index in [4.69, 9.17) is 0 Å². The quantitative estimate of drug-likeness (QED) is 0.631. The molecule has 0 heterocycles. The number of benzene rings is 1. The van der Waals surface area contributed by atoms with Crippen molar-refractivity contribution in [3.05, 3.63) is 34.9 Å². The molecular weight excluding hydrogens is 306 g/mol. The maximum absolute atomic E-state index is 12.3. The van der Waals surface area contributed by atoms with E-state index in [2.05, 4.69) is 5.32 Å². The molecule has 0 unspecified atom stereocenters. The van der Waals surface area contributed by atoms with Gasteiger partial charge in [0.25, 0.3) is 0 Å². The van der Waals surface area contributed by atoms with E-state index < -0.39 is 5.41 Å². The molecule has 1 aliphatic rings. The molecule has 0 bridgehead atoms. The lowest BCUT2D eigenvalue weighted by atomic mass is 9.89. The predicted molar refractivity (Wildman–Crippen MR) is 91.9 cm³/mol. The van der Waals surface area contributed by atoms with Crippen molar-refractivity contribution in [3.8, 4) is 0 Å². The third-order valence-electron chi connectivity index (χ3n) is 4.73. The Hall–Kier alpha value is -1.72. The Morgan fingerprint density at radius 2 is 1.75 bits per heavy atom. The van der Waals surface area contributed by atoms with Crippen LogP contribution in [-0.4, -0.2) is 41.7 Å². The molecule has 0 saturated heterocycles. The van der Waals surface area contributed by atoms with E-state index in [1.807, 2.05) is 18.2 Å². The van der Waals surface area contributed by atoms with E-state index in [0.717, 1.165) is 12.8 Å². The van der Waals surface area contributed by atoms with Gasteiger partial charge in [-0.15, -0.1) is 0 Å². The molecule has 24 heavy (non-hydrogen) atoms. The number of aliphatic hydroxyl groups is 2. The summed E-state index contributed by atoms with van der Waals surface area (Å²) in [6.45, 7) is 1.45. The first-order chi connectivity index (χ1) is 11.5. The minimum Gasteiger partial charge on any atom is -0.396 e. The van der Waals surface area contributed by atoms with Gasteiger partial charge in [0, 0.05) is 30.4 Å². The van der Waals surface area contributed by atoms with Crippen molar-refractivity contribution in [2.75, 3.05) is 19.8 Å². The Morgan fingerprint density at radius 3 is 2.42 bits per heavy atom. The normalized spacial score (nSPS) is 14.1. The molecule has 0 aromatic heterocycles. The first-order valence-corrected chi connectivity index (χ1v) is 8.61. The second-order valence-electron chi connectivity index (χ2n) is 7.02. The molecule has 0 spiro atoms. The largest absolute Gasteiger partial charge is 0.396 e. The van der Waals surface area contributed by atoms with Crippen LogP contribution in [0, 0.1) is 5.41 Å². The van der Waals surface area contributed by atoms with Crippen LogP contribution < -0.4 is 5.32 Å². The molecule has 2 rings (SSSR count). The number of amides is 1. The molecule has 1 aromatic rings. The smallest absolute Gasteiger partial charge is 0.220 e. The number of hydrogen-bond donors (Lipinski definition) is 3. The molecular formula is C19H27NO4. The number of ketones is 1. The highest BCUT2D eigenvalue weighted by molar-refractivity contribution is 5.98. The molecule has 5 nitrogen and oxygen atoms in total.